The van der Waals surface area contributed by atoms with Crippen molar-refractivity contribution < 1.29 is 19.1 Å². The fourth-order valence-corrected chi connectivity index (χ4v) is 1.96. The largest absolute Gasteiger partial charge is 0.445 e. The van der Waals surface area contributed by atoms with Crippen LogP contribution in [0, 0.1) is 0 Å². The SMILES string of the molecule is C=CCOC(=O)N1CCCC(NC(=O)OC(C)(C)C)C1. The first-order valence-electron chi connectivity index (χ1n) is 6.84. The molecule has 0 aromatic rings. The molecule has 1 rings (SSSR count). The van der Waals surface area contributed by atoms with Crippen LogP contribution in [0.15, 0.2) is 12.7 Å². The molecule has 0 spiro atoms. The summed E-state index contributed by atoms with van der Waals surface area (Å²) in [5, 5.41) is 2.79. The third kappa shape index (κ3) is 5.95. The highest BCUT2D eigenvalue weighted by molar-refractivity contribution is 5.69. The van der Waals surface area contributed by atoms with Gasteiger partial charge in [0.15, 0.2) is 0 Å². The van der Waals surface area contributed by atoms with Gasteiger partial charge in [-0.05, 0) is 33.6 Å². The van der Waals surface area contributed by atoms with Crippen molar-refractivity contribution in [3.8, 4) is 0 Å². The molecule has 20 heavy (non-hydrogen) atoms. The van der Waals surface area contributed by atoms with Crippen LogP contribution in [0.25, 0.3) is 0 Å². The average molecular weight is 284 g/mol. The van der Waals surface area contributed by atoms with Gasteiger partial charge in [0.1, 0.15) is 12.2 Å². The van der Waals surface area contributed by atoms with Gasteiger partial charge in [0.25, 0.3) is 0 Å². The van der Waals surface area contributed by atoms with Gasteiger partial charge in [-0.15, -0.1) is 0 Å². The van der Waals surface area contributed by atoms with E-state index in [2.05, 4.69) is 11.9 Å². The summed E-state index contributed by atoms with van der Waals surface area (Å²) in [6.45, 7) is 10.2. The molecular formula is C14H24N2O4. The molecule has 1 aliphatic heterocycles. The van der Waals surface area contributed by atoms with Crippen molar-refractivity contribution in [3.05, 3.63) is 12.7 Å². The van der Waals surface area contributed by atoms with E-state index in [1.807, 2.05) is 20.8 Å². The molecule has 1 heterocycles. The van der Waals surface area contributed by atoms with E-state index in [4.69, 9.17) is 9.47 Å². The lowest BCUT2D eigenvalue weighted by Gasteiger charge is -2.32. The van der Waals surface area contributed by atoms with Gasteiger partial charge in [-0.2, -0.15) is 0 Å². The summed E-state index contributed by atoms with van der Waals surface area (Å²) in [5.41, 5.74) is -0.526. The first-order chi connectivity index (χ1) is 9.31. The van der Waals surface area contributed by atoms with Crippen molar-refractivity contribution in [1.82, 2.24) is 10.2 Å². The van der Waals surface area contributed by atoms with Gasteiger partial charge >= 0.3 is 12.2 Å². The first-order valence-corrected chi connectivity index (χ1v) is 6.84. The third-order valence-electron chi connectivity index (χ3n) is 2.73. The average Bonchev–Trinajstić information content (AvgIpc) is 2.33. The Balaban J connectivity index is 2.42. The van der Waals surface area contributed by atoms with E-state index in [1.54, 1.807) is 4.90 Å². The van der Waals surface area contributed by atoms with E-state index in [-0.39, 0.29) is 18.7 Å². The van der Waals surface area contributed by atoms with Gasteiger partial charge in [0, 0.05) is 19.1 Å². The number of hydrogen-bond donors (Lipinski definition) is 1. The first kappa shape index (κ1) is 16.3. The Morgan fingerprint density at radius 2 is 2.15 bits per heavy atom. The molecule has 0 bridgehead atoms. The molecule has 0 aromatic heterocycles. The second kappa shape index (κ2) is 7.17. The zero-order chi connectivity index (χ0) is 15.2. The van der Waals surface area contributed by atoms with Crippen LogP contribution in [-0.4, -0.2) is 48.4 Å². The molecule has 6 heteroatoms. The Labute approximate surface area is 120 Å². The van der Waals surface area contributed by atoms with E-state index < -0.39 is 11.7 Å². The Hall–Kier alpha value is -1.72. The Morgan fingerprint density at radius 3 is 2.75 bits per heavy atom. The van der Waals surface area contributed by atoms with Gasteiger partial charge in [0.2, 0.25) is 0 Å². The number of amides is 2. The Bertz CT molecular complexity index is 363. The zero-order valence-electron chi connectivity index (χ0n) is 12.5. The van der Waals surface area contributed by atoms with Crippen LogP contribution in [0.3, 0.4) is 0 Å². The number of carbonyl (C=O) groups excluding carboxylic acids is 2. The number of likely N-dealkylation sites (tertiary alicyclic amines) is 1. The van der Waals surface area contributed by atoms with Crippen LogP contribution in [0.1, 0.15) is 33.6 Å². The lowest BCUT2D eigenvalue weighted by molar-refractivity contribution is 0.0460. The predicted molar refractivity (Wildman–Crippen MR) is 75.5 cm³/mol. The summed E-state index contributed by atoms with van der Waals surface area (Å²) in [5.74, 6) is 0. The molecule has 0 aromatic carbocycles. The molecule has 2 amide bonds. The summed E-state index contributed by atoms with van der Waals surface area (Å²) in [4.78, 5) is 25.0. The highest BCUT2D eigenvalue weighted by Crippen LogP contribution is 2.13. The molecule has 1 unspecified atom stereocenters. The normalized spacial score (nSPS) is 19.1. The maximum Gasteiger partial charge on any atom is 0.410 e. The van der Waals surface area contributed by atoms with Crippen molar-refractivity contribution in [3.63, 3.8) is 0 Å². The fraction of sp³-hybridized carbons (Fsp3) is 0.714. The Kier molecular flexibility index (Phi) is 5.85. The van der Waals surface area contributed by atoms with E-state index in [9.17, 15) is 9.59 Å². The highest BCUT2D eigenvalue weighted by Gasteiger charge is 2.27. The molecule has 0 saturated carbocycles. The number of carbonyl (C=O) groups is 2. The minimum absolute atomic E-state index is 0.102. The maximum atomic E-state index is 11.7. The van der Waals surface area contributed by atoms with Crippen LogP contribution >= 0.6 is 0 Å². The molecule has 1 saturated heterocycles. The maximum absolute atomic E-state index is 11.7. The van der Waals surface area contributed by atoms with Gasteiger partial charge in [-0.3, -0.25) is 0 Å². The van der Waals surface area contributed by atoms with Crippen molar-refractivity contribution in [2.75, 3.05) is 19.7 Å². The standard InChI is InChI=1S/C14H24N2O4/c1-5-9-19-13(18)16-8-6-7-11(10-16)15-12(17)20-14(2,3)4/h5,11H,1,6-10H2,2-4H3,(H,15,17). The molecule has 1 atom stereocenters. The quantitative estimate of drug-likeness (QED) is 0.807. The summed E-state index contributed by atoms with van der Waals surface area (Å²) in [6.07, 6.45) is 2.34. The number of rotatable bonds is 3. The van der Waals surface area contributed by atoms with Crippen molar-refractivity contribution >= 4 is 12.2 Å². The summed E-state index contributed by atoms with van der Waals surface area (Å²) in [6, 6.07) is -0.102. The number of ether oxygens (including phenoxy) is 2. The summed E-state index contributed by atoms with van der Waals surface area (Å²) in [7, 11) is 0. The van der Waals surface area contributed by atoms with Gasteiger partial charge in [-0.1, -0.05) is 12.7 Å². The predicted octanol–water partition coefficient (Wildman–Crippen LogP) is 2.30. The van der Waals surface area contributed by atoms with E-state index in [1.165, 1.54) is 6.08 Å². The summed E-state index contributed by atoms with van der Waals surface area (Å²) < 4.78 is 10.2. The monoisotopic (exact) mass is 284 g/mol. The van der Waals surface area contributed by atoms with Gasteiger partial charge in [0.05, 0.1) is 0 Å². The molecule has 6 nitrogen and oxygen atoms in total. The lowest BCUT2D eigenvalue weighted by atomic mass is 10.1. The number of hydrogen-bond acceptors (Lipinski definition) is 4. The minimum Gasteiger partial charge on any atom is -0.445 e. The van der Waals surface area contributed by atoms with Crippen molar-refractivity contribution in [1.29, 1.82) is 0 Å². The van der Waals surface area contributed by atoms with E-state index in [0.29, 0.717) is 13.1 Å². The highest BCUT2D eigenvalue weighted by atomic mass is 16.6. The fourth-order valence-electron chi connectivity index (χ4n) is 1.96. The van der Waals surface area contributed by atoms with Gasteiger partial charge in [-0.25, -0.2) is 9.59 Å². The molecule has 0 aliphatic carbocycles. The van der Waals surface area contributed by atoms with Crippen LogP contribution in [0.5, 0.6) is 0 Å². The zero-order valence-corrected chi connectivity index (χ0v) is 12.5. The van der Waals surface area contributed by atoms with Crippen LogP contribution in [0.4, 0.5) is 9.59 Å². The van der Waals surface area contributed by atoms with Crippen molar-refractivity contribution in [2.45, 2.75) is 45.3 Å². The molecule has 0 radical (unpaired) electrons. The third-order valence-corrected chi connectivity index (χ3v) is 2.73. The van der Waals surface area contributed by atoms with Crippen LogP contribution in [-0.2, 0) is 9.47 Å². The number of nitrogens with one attached hydrogen (secondary N) is 1. The van der Waals surface area contributed by atoms with Crippen molar-refractivity contribution in [2.24, 2.45) is 0 Å². The number of nitrogens with zero attached hydrogens (tertiary/aromatic N) is 1. The molecule has 1 aliphatic rings. The summed E-state index contributed by atoms with van der Waals surface area (Å²) >= 11 is 0. The minimum atomic E-state index is -0.526. The van der Waals surface area contributed by atoms with Gasteiger partial charge < -0.3 is 19.7 Å². The van der Waals surface area contributed by atoms with E-state index in [0.717, 1.165) is 12.8 Å². The Morgan fingerprint density at radius 1 is 1.45 bits per heavy atom. The molecule has 114 valence electrons. The number of alkyl carbamates (subject to hydrolysis) is 1. The number of piperidine rings is 1. The second-order valence-corrected chi connectivity index (χ2v) is 5.80. The smallest absolute Gasteiger partial charge is 0.410 e. The van der Waals surface area contributed by atoms with Crippen LogP contribution < -0.4 is 5.32 Å². The van der Waals surface area contributed by atoms with E-state index >= 15 is 0 Å². The lowest BCUT2D eigenvalue weighted by Crippen LogP contribution is -2.50. The van der Waals surface area contributed by atoms with Crippen LogP contribution in [0.2, 0.25) is 0 Å². The topological polar surface area (TPSA) is 67.9 Å². The molecule has 1 N–H and O–H groups in total. The molecular weight excluding hydrogens is 260 g/mol. The molecule has 1 fully saturated rings. The second-order valence-electron chi connectivity index (χ2n) is 5.80.